The topological polar surface area (TPSA) is 88.8 Å². The van der Waals surface area contributed by atoms with Crippen LogP contribution in [0, 0.1) is 0 Å². The quantitative estimate of drug-likeness (QED) is 0.585. The predicted molar refractivity (Wildman–Crippen MR) is 74.5 cm³/mol. The van der Waals surface area contributed by atoms with Crippen molar-refractivity contribution in [2.75, 3.05) is 30.0 Å². The number of aromatic nitrogens is 4. The van der Waals surface area contributed by atoms with E-state index in [0.29, 0.717) is 18.8 Å². The molecule has 0 saturated carbocycles. The van der Waals surface area contributed by atoms with E-state index in [1.54, 1.807) is 0 Å². The highest BCUT2D eigenvalue weighted by Gasteiger charge is 2.04. The van der Waals surface area contributed by atoms with Crippen molar-refractivity contribution in [1.82, 2.24) is 20.1 Å². The van der Waals surface area contributed by atoms with Gasteiger partial charge >= 0.3 is 0 Å². The maximum atomic E-state index is 4.68. The molecule has 0 bridgehead atoms. The Morgan fingerprint density at radius 3 is 2.68 bits per heavy atom. The molecule has 0 fully saturated rings. The van der Waals surface area contributed by atoms with Crippen molar-refractivity contribution >= 4 is 23.4 Å². The lowest BCUT2D eigenvalue weighted by Crippen LogP contribution is -2.09. The van der Waals surface area contributed by atoms with Crippen molar-refractivity contribution in [1.29, 1.82) is 0 Å². The minimum Gasteiger partial charge on any atom is -0.370 e. The van der Waals surface area contributed by atoms with Crippen LogP contribution in [0.4, 0.5) is 11.6 Å². The summed E-state index contributed by atoms with van der Waals surface area (Å²) in [5, 5.41) is 10.9. The minimum absolute atomic E-state index is 0.679. The molecule has 0 saturated heterocycles. The molecular weight excluding hydrogens is 264 g/mol. The molecule has 0 amide bonds. The fourth-order valence-electron chi connectivity index (χ4n) is 1.48. The van der Waals surface area contributed by atoms with Gasteiger partial charge in [0.2, 0.25) is 6.39 Å². The van der Waals surface area contributed by atoms with Crippen molar-refractivity contribution in [3.63, 3.8) is 0 Å². The van der Waals surface area contributed by atoms with Gasteiger partial charge in [0.1, 0.15) is 11.6 Å². The first-order valence-corrected chi connectivity index (χ1v) is 7.20. The van der Waals surface area contributed by atoms with E-state index in [1.165, 1.54) is 18.2 Å². The van der Waals surface area contributed by atoms with Crippen LogP contribution >= 0.6 is 11.8 Å². The van der Waals surface area contributed by atoms with Crippen molar-refractivity contribution in [3.8, 4) is 0 Å². The molecule has 2 aromatic heterocycles. The van der Waals surface area contributed by atoms with Crippen molar-refractivity contribution < 1.29 is 4.52 Å². The Morgan fingerprint density at radius 1 is 1.26 bits per heavy atom. The zero-order valence-electron chi connectivity index (χ0n) is 10.9. The maximum absolute atomic E-state index is 4.68. The second-order valence-corrected chi connectivity index (χ2v) is 4.45. The number of rotatable bonds is 7. The first-order chi connectivity index (χ1) is 9.31. The maximum Gasteiger partial charge on any atom is 0.213 e. The summed E-state index contributed by atoms with van der Waals surface area (Å²) in [6.07, 6.45) is 3.97. The van der Waals surface area contributed by atoms with Crippen LogP contribution in [-0.4, -0.2) is 39.5 Å². The summed E-state index contributed by atoms with van der Waals surface area (Å²) in [7, 11) is 0. The zero-order valence-corrected chi connectivity index (χ0v) is 11.7. The van der Waals surface area contributed by atoms with Gasteiger partial charge < -0.3 is 15.2 Å². The first kappa shape index (κ1) is 13.6. The molecule has 0 atom stereocenters. The lowest BCUT2D eigenvalue weighted by Gasteiger charge is -2.08. The Balaban J connectivity index is 1.96. The van der Waals surface area contributed by atoms with Crippen LogP contribution in [0.25, 0.3) is 0 Å². The fourth-order valence-corrected chi connectivity index (χ4v) is 1.86. The Hall–Kier alpha value is -1.83. The zero-order chi connectivity index (χ0) is 13.5. The highest BCUT2D eigenvalue weighted by molar-refractivity contribution is 7.98. The van der Waals surface area contributed by atoms with Crippen LogP contribution in [0.15, 0.2) is 22.1 Å². The van der Waals surface area contributed by atoms with Crippen LogP contribution in [0.2, 0.25) is 0 Å². The van der Waals surface area contributed by atoms with Gasteiger partial charge in [0.05, 0.1) is 0 Å². The van der Waals surface area contributed by atoms with Crippen LogP contribution in [0.3, 0.4) is 0 Å². The summed E-state index contributed by atoms with van der Waals surface area (Å²) in [5.41, 5.74) is 0. The molecule has 2 rings (SSSR count). The SMILES string of the molecule is CCNc1cc(NCCc2ncon2)nc(SC)n1. The molecule has 102 valence electrons. The van der Waals surface area contributed by atoms with E-state index in [0.717, 1.165) is 23.3 Å². The lowest BCUT2D eigenvalue weighted by atomic mass is 10.4. The lowest BCUT2D eigenvalue weighted by molar-refractivity contribution is 0.410. The summed E-state index contributed by atoms with van der Waals surface area (Å²) in [4.78, 5) is 12.7. The molecule has 0 radical (unpaired) electrons. The third-order valence-corrected chi connectivity index (χ3v) is 2.86. The third-order valence-electron chi connectivity index (χ3n) is 2.31. The van der Waals surface area contributed by atoms with Gasteiger partial charge in [0.25, 0.3) is 0 Å². The van der Waals surface area contributed by atoms with Crippen LogP contribution in [0.5, 0.6) is 0 Å². The van der Waals surface area contributed by atoms with E-state index < -0.39 is 0 Å². The standard InChI is InChI=1S/C11H16N6OS/c1-3-12-9-6-10(16-11(15-9)19-2)13-5-4-8-14-7-18-17-8/h6-7H,3-5H2,1-2H3,(H2,12,13,15,16). The van der Waals surface area contributed by atoms with Gasteiger partial charge in [-0.15, -0.1) is 0 Å². The van der Waals surface area contributed by atoms with E-state index in [1.807, 2.05) is 19.2 Å². The van der Waals surface area contributed by atoms with E-state index >= 15 is 0 Å². The number of hydrogen-bond acceptors (Lipinski definition) is 8. The van der Waals surface area contributed by atoms with Gasteiger partial charge in [-0.3, -0.25) is 0 Å². The largest absolute Gasteiger partial charge is 0.370 e. The predicted octanol–water partition coefficient (Wildman–Crippen LogP) is 1.67. The summed E-state index contributed by atoms with van der Waals surface area (Å²) >= 11 is 1.51. The number of thioether (sulfide) groups is 1. The second-order valence-electron chi connectivity index (χ2n) is 3.68. The van der Waals surface area contributed by atoms with E-state index in [-0.39, 0.29) is 0 Å². The molecule has 0 spiro atoms. The highest BCUT2D eigenvalue weighted by Crippen LogP contribution is 2.17. The molecular formula is C11H16N6OS. The average molecular weight is 280 g/mol. The van der Waals surface area contributed by atoms with Crippen molar-refractivity contribution in [3.05, 3.63) is 18.3 Å². The van der Waals surface area contributed by atoms with Gasteiger partial charge in [-0.25, -0.2) is 9.97 Å². The second kappa shape index (κ2) is 6.93. The minimum atomic E-state index is 0.679. The van der Waals surface area contributed by atoms with Gasteiger partial charge in [0.15, 0.2) is 11.0 Å². The van der Waals surface area contributed by atoms with Gasteiger partial charge in [-0.05, 0) is 13.2 Å². The van der Waals surface area contributed by atoms with E-state index in [2.05, 4.69) is 35.3 Å². The Kier molecular flexibility index (Phi) is 4.96. The van der Waals surface area contributed by atoms with Gasteiger partial charge in [-0.2, -0.15) is 4.98 Å². The molecule has 8 heteroatoms. The molecule has 0 aliphatic heterocycles. The smallest absolute Gasteiger partial charge is 0.213 e. The summed E-state index contributed by atoms with van der Waals surface area (Å²) in [5.74, 6) is 2.29. The number of hydrogen-bond donors (Lipinski definition) is 2. The molecule has 0 aromatic carbocycles. The number of nitrogens with one attached hydrogen (secondary N) is 2. The normalized spacial score (nSPS) is 10.4. The molecule has 0 unspecified atom stereocenters. The third kappa shape index (κ3) is 4.09. The number of anilines is 2. The van der Waals surface area contributed by atoms with E-state index in [9.17, 15) is 0 Å². The summed E-state index contributed by atoms with van der Waals surface area (Å²) < 4.78 is 4.68. The van der Waals surface area contributed by atoms with Crippen LogP contribution in [0.1, 0.15) is 12.7 Å². The fraction of sp³-hybridized carbons (Fsp3) is 0.455. The molecule has 2 aromatic rings. The van der Waals surface area contributed by atoms with Gasteiger partial charge in [0, 0.05) is 25.6 Å². The van der Waals surface area contributed by atoms with Crippen LogP contribution < -0.4 is 10.6 Å². The molecule has 2 heterocycles. The summed E-state index contributed by atoms with van der Waals surface area (Å²) in [6, 6.07) is 1.89. The Labute approximate surface area is 115 Å². The molecule has 7 nitrogen and oxygen atoms in total. The Morgan fingerprint density at radius 2 is 2.05 bits per heavy atom. The highest BCUT2D eigenvalue weighted by atomic mass is 32.2. The molecule has 0 aliphatic rings. The first-order valence-electron chi connectivity index (χ1n) is 5.98. The van der Waals surface area contributed by atoms with Crippen molar-refractivity contribution in [2.45, 2.75) is 18.5 Å². The average Bonchev–Trinajstić information content (AvgIpc) is 2.92. The van der Waals surface area contributed by atoms with Gasteiger partial charge in [-0.1, -0.05) is 16.9 Å². The van der Waals surface area contributed by atoms with E-state index in [4.69, 9.17) is 0 Å². The summed E-state index contributed by atoms with van der Waals surface area (Å²) in [6.45, 7) is 3.55. The molecule has 19 heavy (non-hydrogen) atoms. The number of nitrogens with zero attached hydrogens (tertiary/aromatic N) is 4. The Bertz CT molecular complexity index is 504. The monoisotopic (exact) mass is 280 g/mol. The molecule has 0 aliphatic carbocycles. The van der Waals surface area contributed by atoms with Crippen molar-refractivity contribution in [2.24, 2.45) is 0 Å². The molecule has 2 N–H and O–H groups in total. The van der Waals surface area contributed by atoms with Crippen LogP contribution in [-0.2, 0) is 6.42 Å².